The van der Waals surface area contributed by atoms with E-state index in [2.05, 4.69) is 22.6 Å². The van der Waals surface area contributed by atoms with Gasteiger partial charge in [0.25, 0.3) is 5.91 Å². The van der Waals surface area contributed by atoms with Gasteiger partial charge in [0.1, 0.15) is 6.61 Å². The average molecular weight is 422 g/mol. The Morgan fingerprint density at radius 3 is 2.79 bits per heavy atom. The lowest BCUT2D eigenvalue weighted by Gasteiger charge is -2.31. The molecule has 1 amide bonds. The zero-order chi connectivity index (χ0) is 19.3. The number of nitrogens with zero attached hydrogens (tertiary/aromatic N) is 4. The summed E-state index contributed by atoms with van der Waals surface area (Å²) in [6.45, 7) is 5.51. The third kappa shape index (κ3) is 5.00. The molecule has 2 aliphatic rings. The highest BCUT2D eigenvalue weighted by Gasteiger charge is 2.27. The summed E-state index contributed by atoms with van der Waals surface area (Å²) in [7, 11) is 0. The molecule has 29 heavy (non-hydrogen) atoms. The Morgan fingerprint density at radius 2 is 2.03 bits per heavy atom. The van der Waals surface area contributed by atoms with Crippen molar-refractivity contribution in [3.63, 3.8) is 0 Å². The van der Waals surface area contributed by atoms with E-state index in [1.165, 1.54) is 0 Å². The van der Waals surface area contributed by atoms with Crippen LogP contribution in [0.4, 0.5) is 0 Å². The topological polar surface area (TPSA) is 81.5 Å². The normalized spacial score (nSPS) is 18.7. The Bertz CT molecular complexity index is 809. The van der Waals surface area contributed by atoms with E-state index in [1.807, 2.05) is 28.9 Å². The van der Waals surface area contributed by atoms with E-state index in [4.69, 9.17) is 9.47 Å². The predicted octanol–water partition coefficient (Wildman–Crippen LogP) is 2.32. The number of aromatic nitrogens is 3. The van der Waals surface area contributed by atoms with Gasteiger partial charge in [0.15, 0.2) is 23.3 Å². The maximum atomic E-state index is 13.1. The van der Waals surface area contributed by atoms with E-state index in [0.717, 1.165) is 43.9 Å². The Balaban J connectivity index is 0.00000240. The molecule has 9 heteroatoms. The van der Waals surface area contributed by atoms with Crippen LogP contribution in [0.5, 0.6) is 11.5 Å². The number of carbonyl (C=O) groups excluding carboxylic acids is 1. The van der Waals surface area contributed by atoms with Crippen molar-refractivity contribution in [2.45, 2.75) is 38.3 Å². The van der Waals surface area contributed by atoms with E-state index in [0.29, 0.717) is 31.4 Å². The van der Waals surface area contributed by atoms with Gasteiger partial charge in [-0.1, -0.05) is 24.3 Å². The second-order valence-corrected chi connectivity index (χ2v) is 7.31. The van der Waals surface area contributed by atoms with E-state index in [9.17, 15) is 4.79 Å². The van der Waals surface area contributed by atoms with Crippen molar-refractivity contribution in [3.05, 3.63) is 36.2 Å². The van der Waals surface area contributed by atoms with Crippen molar-refractivity contribution >= 4 is 18.3 Å². The summed E-state index contributed by atoms with van der Waals surface area (Å²) in [6, 6.07) is 7.92. The average Bonchev–Trinajstić information content (AvgIpc) is 3.24. The third-order valence-electron chi connectivity index (χ3n) is 5.18. The van der Waals surface area contributed by atoms with Gasteiger partial charge in [-0.15, -0.1) is 17.5 Å². The first-order chi connectivity index (χ1) is 13.7. The second-order valence-electron chi connectivity index (χ2n) is 7.31. The van der Waals surface area contributed by atoms with Crippen molar-refractivity contribution in [2.75, 3.05) is 32.8 Å². The lowest BCUT2D eigenvalue weighted by molar-refractivity contribution is 0.0459. The molecule has 0 spiro atoms. The molecule has 2 aromatic rings. The third-order valence-corrected chi connectivity index (χ3v) is 5.18. The SMILES string of the molecule is CCCN(CC1COc2ccccc2O1)C(=O)c1cn(C2CCNCC2)nn1.Cl. The Kier molecular flexibility index (Phi) is 7.33. The van der Waals surface area contributed by atoms with Crippen LogP contribution in [-0.4, -0.2) is 64.7 Å². The fourth-order valence-corrected chi connectivity index (χ4v) is 3.73. The highest BCUT2D eigenvalue weighted by atomic mass is 35.5. The number of benzene rings is 1. The minimum atomic E-state index is -0.204. The van der Waals surface area contributed by atoms with Crippen LogP contribution in [0.2, 0.25) is 0 Å². The summed E-state index contributed by atoms with van der Waals surface area (Å²) in [5, 5.41) is 11.7. The predicted molar refractivity (Wildman–Crippen MR) is 111 cm³/mol. The molecule has 0 radical (unpaired) electrons. The smallest absolute Gasteiger partial charge is 0.276 e. The molecule has 158 valence electrons. The fourth-order valence-electron chi connectivity index (χ4n) is 3.73. The summed E-state index contributed by atoms with van der Waals surface area (Å²) in [6.07, 6.45) is 4.45. The van der Waals surface area contributed by atoms with Crippen LogP contribution in [0, 0.1) is 0 Å². The number of ether oxygens (including phenoxy) is 2. The molecule has 3 heterocycles. The zero-order valence-electron chi connectivity index (χ0n) is 16.6. The molecule has 0 saturated carbocycles. The van der Waals surface area contributed by atoms with Crippen molar-refractivity contribution in [3.8, 4) is 11.5 Å². The van der Waals surface area contributed by atoms with Crippen molar-refractivity contribution in [2.24, 2.45) is 0 Å². The van der Waals surface area contributed by atoms with Gasteiger partial charge in [0, 0.05) is 6.54 Å². The molecule has 1 N–H and O–H groups in total. The standard InChI is InChI=1S/C20H27N5O3.ClH/c1-2-11-24(12-16-14-27-18-5-3-4-6-19(18)28-16)20(26)17-13-25(23-22-17)15-7-9-21-10-8-15;/h3-6,13,15-16,21H,2,7-12,14H2,1H3;1H. The fraction of sp³-hybridized carbons (Fsp3) is 0.550. The molecule has 1 atom stereocenters. The van der Waals surface area contributed by atoms with Crippen molar-refractivity contribution in [1.82, 2.24) is 25.2 Å². The van der Waals surface area contributed by atoms with Crippen LogP contribution in [0.3, 0.4) is 0 Å². The molecule has 8 nitrogen and oxygen atoms in total. The summed E-state index contributed by atoms with van der Waals surface area (Å²) in [5.74, 6) is 1.36. The lowest BCUT2D eigenvalue weighted by Crippen LogP contribution is -2.44. The number of hydrogen-bond acceptors (Lipinski definition) is 6. The number of para-hydroxylation sites is 2. The van der Waals surface area contributed by atoms with Crippen LogP contribution in [0.1, 0.15) is 42.7 Å². The highest BCUT2D eigenvalue weighted by molar-refractivity contribution is 5.92. The molecule has 1 saturated heterocycles. The van der Waals surface area contributed by atoms with Gasteiger partial charge in [0.2, 0.25) is 0 Å². The lowest BCUT2D eigenvalue weighted by atomic mass is 10.1. The van der Waals surface area contributed by atoms with Gasteiger partial charge in [0.05, 0.1) is 18.8 Å². The van der Waals surface area contributed by atoms with Crippen LogP contribution < -0.4 is 14.8 Å². The van der Waals surface area contributed by atoms with Crippen LogP contribution >= 0.6 is 12.4 Å². The number of amides is 1. The maximum Gasteiger partial charge on any atom is 0.276 e. The maximum absolute atomic E-state index is 13.1. The first kappa shape index (κ1) is 21.4. The minimum absolute atomic E-state index is 0. The number of carbonyl (C=O) groups is 1. The van der Waals surface area contributed by atoms with Crippen molar-refractivity contribution in [1.29, 1.82) is 0 Å². The zero-order valence-corrected chi connectivity index (χ0v) is 17.4. The molecule has 1 unspecified atom stereocenters. The van der Waals surface area contributed by atoms with E-state index < -0.39 is 0 Å². The highest BCUT2D eigenvalue weighted by Crippen LogP contribution is 2.31. The van der Waals surface area contributed by atoms with Gasteiger partial charge in [-0.25, -0.2) is 4.68 Å². The summed E-state index contributed by atoms with van der Waals surface area (Å²) < 4.78 is 13.7. The van der Waals surface area contributed by atoms with Crippen molar-refractivity contribution < 1.29 is 14.3 Å². The number of nitrogens with one attached hydrogen (secondary N) is 1. The molecule has 0 bridgehead atoms. The molecular formula is C20H28ClN5O3. The van der Waals surface area contributed by atoms with Gasteiger partial charge < -0.3 is 19.7 Å². The van der Waals surface area contributed by atoms with E-state index >= 15 is 0 Å². The van der Waals surface area contributed by atoms with Crippen LogP contribution in [-0.2, 0) is 0 Å². The number of piperidine rings is 1. The van der Waals surface area contributed by atoms with Gasteiger partial charge in [-0.3, -0.25) is 4.79 Å². The molecular weight excluding hydrogens is 394 g/mol. The minimum Gasteiger partial charge on any atom is -0.486 e. The number of hydrogen-bond donors (Lipinski definition) is 1. The molecule has 1 fully saturated rings. The molecule has 1 aromatic carbocycles. The van der Waals surface area contributed by atoms with E-state index in [1.54, 1.807) is 11.1 Å². The van der Waals surface area contributed by atoms with Gasteiger partial charge >= 0.3 is 0 Å². The van der Waals surface area contributed by atoms with Gasteiger partial charge in [-0.05, 0) is 44.5 Å². The van der Waals surface area contributed by atoms with Gasteiger partial charge in [-0.2, -0.15) is 0 Å². The second kappa shape index (κ2) is 9.93. The largest absolute Gasteiger partial charge is 0.486 e. The molecule has 0 aliphatic carbocycles. The number of fused-ring (bicyclic) bond motifs is 1. The first-order valence-corrected chi connectivity index (χ1v) is 10.0. The summed E-state index contributed by atoms with van der Waals surface area (Å²) in [4.78, 5) is 14.8. The summed E-state index contributed by atoms with van der Waals surface area (Å²) in [5.41, 5.74) is 0.393. The van der Waals surface area contributed by atoms with Crippen LogP contribution in [0.15, 0.2) is 30.5 Å². The Morgan fingerprint density at radius 1 is 1.28 bits per heavy atom. The molecule has 1 aromatic heterocycles. The monoisotopic (exact) mass is 421 g/mol. The van der Waals surface area contributed by atoms with Crippen LogP contribution in [0.25, 0.3) is 0 Å². The number of halogens is 1. The Hall–Kier alpha value is -2.32. The number of rotatable bonds is 6. The van der Waals surface area contributed by atoms with E-state index in [-0.39, 0.29) is 24.4 Å². The molecule has 4 rings (SSSR count). The Labute approximate surface area is 177 Å². The summed E-state index contributed by atoms with van der Waals surface area (Å²) >= 11 is 0. The molecule has 2 aliphatic heterocycles. The first-order valence-electron chi connectivity index (χ1n) is 10.0. The quantitative estimate of drug-likeness (QED) is 0.770.